The first-order valence-corrected chi connectivity index (χ1v) is 8.58. The highest BCUT2D eigenvalue weighted by Gasteiger charge is 2.08. The highest BCUT2D eigenvalue weighted by Crippen LogP contribution is 2.18. The van der Waals surface area contributed by atoms with Gasteiger partial charge < -0.3 is 9.30 Å². The number of aromatic nitrogens is 1. The van der Waals surface area contributed by atoms with Gasteiger partial charge in [0.05, 0.1) is 16.8 Å². The van der Waals surface area contributed by atoms with Crippen molar-refractivity contribution in [2.45, 2.75) is 6.54 Å². The van der Waals surface area contributed by atoms with Crippen LogP contribution in [0.2, 0.25) is 0 Å². The van der Waals surface area contributed by atoms with E-state index < -0.39 is 0 Å². The maximum Gasteiger partial charge on any atom is 0.272 e. The topological polar surface area (TPSA) is 43.6 Å². The van der Waals surface area contributed by atoms with Crippen molar-refractivity contribution in [2.75, 3.05) is 13.7 Å². The van der Waals surface area contributed by atoms with E-state index in [2.05, 4.69) is 4.99 Å². The van der Waals surface area contributed by atoms with Crippen LogP contribution in [0, 0.1) is 5.82 Å². The molecule has 0 fully saturated rings. The fourth-order valence-corrected chi connectivity index (χ4v) is 3.48. The van der Waals surface area contributed by atoms with Crippen LogP contribution in [0.4, 0.5) is 4.39 Å². The van der Waals surface area contributed by atoms with E-state index in [1.54, 1.807) is 19.3 Å². The molecule has 3 aromatic rings. The number of halogens is 1. The van der Waals surface area contributed by atoms with Crippen molar-refractivity contribution in [1.29, 1.82) is 0 Å². The normalized spacial score (nSPS) is 12.3. The molecule has 1 aromatic heterocycles. The molecule has 128 valence electrons. The van der Waals surface area contributed by atoms with E-state index in [4.69, 9.17) is 4.74 Å². The number of methoxy groups -OCH3 is 1. The smallest absolute Gasteiger partial charge is 0.272 e. The largest absolute Gasteiger partial charge is 0.383 e. The molecule has 1 heterocycles. The number of hydrogen-bond donors (Lipinski definition) is 0. The van der Waals surface area contributed by atoms with Gasteiger partial charge in [0.15, 0.2) is 4.80 Å². The predicted molar refractivity (Wildman–Crippen MR) is 97.7 cm³/mol. The van der Waals surface area contributed by atoms with Gasteiger partial charge >= 0.3 is 0 Å². The predicted octanol–water partition coefficient (Wildman–Crippen LogP) is 3.63. The van der Waals surface area contributed by atoms with Gasteiger partial charge in [-0.15, -0.1) is 0 Å². The number of hydrogen-bond acceptors (Lipinski definition) is 3. The van der Waals surface area contributed by atoms with Crippen LogP contribution in [0.25, 0.3) is 16.3 Å². The Morgan fingerprint density at radius 3 is 2.84 bits per heavy atom. The third-order valence-electron chi connectivity index (χ3n) is 3.59. The van der Waals surface area contributed by atoms with Crippen molar-refractivity contribution in [3.05, 3.63) is 70.8 Å². The van der Waals surface area contributed by atoms with Gasteiger partial charge in [-0.3, -0.25) is 4.79 Å². The fourth-order valence-electron chi connectivity index (χ4n) is 2.39. The minimum atomic E-state index is -0.359. The average Bonchev–Trinajstić information content (AvgIpc) is 2.95. The Morgan fingerprint density at radius 1 is 1.28 bits per heavy atom. The number of rotatable bonds is 5. The summed E-state index contributed by atoms with van der Waals surface area (Å²) in [6.07, 6.45) is 3.15. The first-order valence-electron chi connectivity index (χ1n) is 7.77. The summed E-state index contributed by atoms with van der Waals surface area (Å²) in [5.74, 6) is -0.670. The second-order valence-corrected chi connectivity index (χ2v) is 6.34. The average molecular weight is 356 g/mol. The maximum absolute atomic E-state index is 13.5. The molecule has 2 aromatic carbocycles. The molecule has 0 aliphatic heterocycles. The zero-order chi connectivity index (χ0) is 17.6. The summed E-state index contributed by atoms with van der Waals surface area (Å²) in [6, 6.07) is 14.1. The van der Waals surface area contributed by atoms with Crippen molar-refractivity contribution >= 4 is 33.5 Å². The Hall–Kier alpha value is -2.57. The Labute approximate surface area is 148 Å². The highest BCUT2D eigenvalue weighted by atomic mass is 32.1. The van der Waals surface area contributed by atoms with Crippen molar-refractivity contribution in [2.24, 2.45) is 4.99 Å². The standard InChI is InChI=1S/C19H17FN2O2S/c1-24-12-11-22-16-9-8-15(20)13-17(16)25-19(22)21-18(23)10-7-14-5-3-2-4-6-14/h2-10,13H,11-12H2,1H3/b10-7+,21-19?. The minimum absolute atomic E-state index is 0.311. The third-order valence-corrected chi connectivity index (χ3v) is 4.63. The number of benzene rings is 2. The van der Waals surface area contributed by atoms with Crippen LogP contribution >= 0.6 is 11.3 Å². The fraction of sp³-hybridized carbons (Fsp3) is 0.158. The molecule has 0 aliphatic rings. The molecule has 0 bridgehead atoms. The van der Waals surface area contributed by atoms with E-state index in [1.807, 2.05) is 34.9 Å². The number of fused-ring (bicyclic) bond motifs is 1. The molecule has 0 aliphatic carbocycles. The molecule has 0 spiro atoms. The van der Waals surface area contributed by atoms with Crippen molar-refractivity contribution in [1.82, 2.24) is 4.57 Å². The van der Waals surface area contributed by atoms with E-state index in [0.29, 0.717) is 18.0 Å². The molecule has 6 heteroatoms. The molecular weight excluding hydrogens is 339 g/mol. The third kappa shape index (κ3) is 4.29. The van der Waals surface area contributed by atoms with E-state index >= 15 is 0 Å². The van der Waals surface area contributed by atoms with Crippen LogP contribution in [0.15, 0.2) is 59.6 Å². The first-order chi connectivity index (χ1) is 12.2. The summed E-state index contributed by atoms with van der Waals surface area (Å²) < 4.78 is 21.2. The monoisotopic (exact) mass is 356 g/mol. The lowest BCUT2D eigenvalue weighted by molar-refractivity contribution is -0.113. The summed E-state index contributed by atoms with van der Waals surface area (Å²) in [5, 5.41) is 0. The van der Waals surface area contributed by atoms with Gasteiger partial charge in [0.1, 0.15) is 5.82 Å². The number of ether oxygens (including phenoxy) is 1. The van der Waals surface area contributed by atoms with Crippen LogP contribution < -0.4 is 4.80 Å². The van der Waals surface area contributed by atoms with Crippen LogP contribution in [-0.2, 0) is 16.1 Å². The molecular formula is C19H17FN2O2S. The summed E-state index contributed by atoms with van der Waals surface area (Å²) >= 11 is 1.28. The van der Waals surface area contributed by atoms with E-state index in [9.17, 15) is 9.18 Å². The Kier molecular flexibility index (Phi) is 5.53. The second kappa shape index (κ2) is 8.00. The van der Waals surface area contributed by atoms with Gasteiger partial charge in [0.2, 0.25) is 0 Å². The van der Waals surface area contributed by atoms with Crippen molar-refractivity contribution in [3.63, 3.8) is 0 Å². The van der Waals surface area contributed by atoms with Crippen LogP contribution in [-0.4, -0.2) is 24.2 Å². The molecule has 0 saturated carbocycles. The van der Waals surface area contributed by atoms with Crippen LogP contribution in [0.5, 0.6) is 0 Å². The van der Waals surface area contributed by atoms with E-state index in [-0.39, 0.29) is 11.7 Å². The van der Waals surface area contributed by atoms with Gasteiger partial charge in [-0.2, -0.15) is 4.99 Å². The summed E-state index contributed by atoms with van der Waals surface area (Å²) in [4.78, 5) is 16.9. The number of thiazole rings is 1. The lowest BCUT2D eigenvalue weighted by atomic mass is 10.2. The SMILES string of the molecule is COCCn1c(=NC(=O)/C=C/c2ccccc2)sc2cc(F)ccc21. The number of carbonyl (C=O) groups excluding carboxylic acids is 1. The van der Waals surface area contributed by atoms with E-state index in [1.165, 1.54) is 29.5 Å². The molecule has 0 atom stereocenters. The zero-order valence-corrected chi connectivity index (χ0v) is 14.5. The van der Waals surface area contributed by atoms with Gasteiger partial charge in [-0.05, 0) is 29.8 Å². The lowest BCUT2D eigenvalue weighted by Crippen LogP contribution is -2.18. The summed E-state index contributed by atoms with van der Waals surface area (Å²) in [6.45, 7) is 1.01. The molecule has 0 saturated heterocycles. The number of amides is 1. The summed E-state index contributed by atoms with van der Waals surface area (Å²) in [7, 11) is 1.61. The second-order valence-electron chi connectivity index (χ2n) is 5.34. The summed E-state index contributed by atoms with van der Waals surface area (Å²) in [5.41, 5.74) is 1.76. The quantitative estimate of drug-likeness (QED) is 0.655. The Morgan fingerprint density at radius 2 is 2.08 bits per heavy atom. The highest BCUT2D eigenvalue weighted by molar-refractivity contribution is 7.16. The lowest BCUT2D eigenvalue weighted by Gasteiger charge is -2.03. The van der Waals surface area contributed by atoms with Crippen LogP contribution in [0.3, 0.4) is 0 Å². The molecule has 25 heavy (non-hydrogen) atoms. The van der Waals surface area contributed by atoms with Gasteiger partial charge in [-0.25, -0.2) is 4.39 Å². The Bertz CT molecular complexity index is 974. The van der Waals surface area contributed by atoms with Crippen LogP contribution in [0.1, 0.15) is 5.56 Å². The molecule has 0 radical (unpaired) electrons. The van der Waals surface area contributed by atoms with Crippen molar-refractivity contribution in [3.8, 4) is 0 Å². The van der Waals surface area contributed by atoms with Gasteiger partial charge in [0, 0.05) is 19.7 Å². The molecule has 1 amide bonds. The molecule has 4 nitrogen and oxygen atoms in total. The van der Waals surface area contributed by atoms with Gasteiger partial charge in [-0.1, -0.05) is 41.7 Å². The Balaban J connectivity index is 1.96. The number of carbonyl (C=O) groups is 1. The first kappa shape index (κ1) is 17.3. The van der Waals surface area contributed by atoms with Gasteiger partial charge in [0.25, 0.3) is 5.91 Å². The zero-order valence-electron chi connectivity index (χ0n) is 13.7. The minimum Gasteiger partial charge on any atom is -0.383 e. The maximum atomic E-state index is 13.5. The number of nitrogens with zero attached hydrogens (tertiary/aromatic N) is 2. The molecule has 3 rings (SSSR count). The van der Waals surface area contributed by atoms with E-state index in [0.717, 1.165) is 15.8 Å². The molecule has 0 N–H and O–H groups in total. The van der Waals surface area contributed by atoms with Crippen molar-refractivity contribution < 1.29 is 13.9 Å². The molecule has 0 unspecified atom stereocenters.